The summed E-state index contributed by atoms with van der Waals surface area (Å²) in [6, 6.07) is 2.63. The minimum absolute atomic E-state index is 0.136. The van der Waals surface area contributed by atoms with Crippen LogP contribution in [-0.2, 0) is 4.79 Å². The number of hydrogen-bond donors (Lipinski definition) is 2. The van der Waals surface area contributed by atoms with Crippen LogP contribution in [0.5, 0.6) is 0 Å². The van der Waals surface area contributed by atoms with E-state index in [2.05, 4.69) is 22.1 Å². The number of pyridine rings is 1. The number of aliphatic hydroxyl groups is 1. The fraction of sp³-hybridized carbons (Fsp3) is 0.400. The van der Waals surface area contributed by atoms with E-state index in [1.165, 1.54) is 11.1 Å². The number of hydrogen-bond acceptors (Lipinski definition) is 4. The molecule has 0 aliphatic rings. The van der Waals surface area contributed by atoms with Crippen LogP contribution in [0.3, 0.4) is 0 Å². The Kier molecular flexibility index (Phi) is 6.37. The van der Waals surface area contributed by atoms with Gasteiger partial charge in [-0.25, -0.2) is 4.98 Å². The van der Waals surface area contributed by atoms with Crippen molar-refractivity contribution in [1.29, 1.82) is 0 Å². The summed E-state index contributed by atoms with van der Waals surface area (Å²) in [6.07, 6.45) is 1.48. The number of aliphatic hydroxyl groups excluding tert-OH is 1. The second-order valence-corrected chi connectivity index (χ2v) is 4.41. The molecule has 21 heavy (non-hydrogen) atoms. The summed E-state index contributed by atoms with van der Waals surface area (Å²) < 4.78 is 0. The van der Waals surface area contributed by atoms with Gasteiger partial charge in [-0.2, -0.15) is 0 Å². The van der Waals surface area contributed by atoms with E-state index in [1.54, 1.807) is 26.1 Å². The smallest absolute Gasteiger partial charge is 0.271 e. The SMILES string of the molecule is CCN(C)C(=O)C(C)NC(=O)c1ncccc1C#CCO. The summed E-state index contributed by atoms with van der Waals surface area (Å²) >= 11 is 0. The zero-order valence-corrected chi connectivity index (χ0v) is 12.4. The van der Waals surface area contributed by atoms with Crippen molar-refractivity contribution in [3.8, 4) is 11.8 Å². The summed E-state index contributed by atoms with van der Waals surface area (Å²) in [5, 5.41) is 11.3. The standard InChI is InChI=1S/C15H19N3O3/c1-4-18(3)15(21)11(2)17-14(20)13-12(8-6-10-19)7-5-9-16-13/h5,7,9,11,19H,4,10H2,1-3H3,(H,17,20). The number of amides is 2. The first kappa shape index (κ1) is 16.7. The van der Waals surface area contributed by atoms with Gasteiger partial charge in [0.1, 0.15) is 18.3 Å². The van der Waals surface area contributed by atoms with Crippen LogP contribution in [0, 0.1) is 11.8 Å². The molecule has 112 valence electrons. The molecule has 1 atom stereocenters. The van der Waals surface area contributed by atoms with E-state index in [0.29, 0.717) is 12.1 Å². The number of carbonyl (C=O) groups excluding carboxylic acids is 2. The van der Waals surface area contributed by atoms with E-state index in [-0.39, 0.29) is 18.2 Å². The second kappa shape index (κ2) is 8.02. The zero-order chi connectivity index (χ0) is 15.8. The maximum atomic E-state index is 12.2. The lowest BCUT2D eigenvalue weighted by atomic mass is 10.1. The van der Waals surface area contributed by atoms with E-state index >= 15 is 0 Å². The summed E-state index contributed by atoms with van der Waals surface area (Å²) in [4.78, 5) is 29.6. The van der Waals surface area contributed by atoms with Crippen molar-refractivity contribution in [1.82, 2.24) is 15.2 Å². The first-order valence-electron chi connectivity index (χ1n) is 6.61. The van der Waals surface area contributed by atoms with Gasteiger partial charge in [-0.15, -0.1) is 0 Å². The lowest BCUT2D eigenvalue weighted by Crippen LogP contribution is -2.45. The monoisotopic (exact) mass is 289 g/mol. The molecule has 6 nitrogen and oxygen atoms in total. The van der Waals surface area contributed by atoms with Crippen molar-refractivity contribution in [2.24, 2.45) is 0 Å². The molecule has 0 radical (unpaired) electrons. The van der Waals surface area contributed by atoms with Crippen LogP contribution in [0.15, 0.2) is 18.3 Å². The fourth-order valence-corrected chi connectivity index (χ4v) is 1.64. The summed E-state index contributed by atoms with van der Waals surface area (Å²) in [5.74, 6) is 4.49. The van der Waals surface area contributed by atoms with Crippen molar-refractivity contribution in [3.63, 3.8) is 0 Å². The first-order chi connectivity index (χ1) is 10.0. The van der Waals surface area contributed by atoms with Crippen molar-refractivity contribution >= 4 is 11.8 Å². The molecule has 1 aromatic rings. The molecule has 0 saturated carbocycles. The second-order valence-electron chi connectivity index (χ2n) is 4.41. The Hall–Kier alpha value is -2.39. The lowest BCUT2D eigenvalue weighted by Gasteiger charge is -2.20. The van der Waals surface area contributed by atoms with Gasteiger partial charge >= 0.3 is 0 Å². The van der Waals surface area contributed by atoms with Gasteiger partial charge in [-0.1, -0.05) is 11.8 Å². The lowest BCUT2D eigenvalue weighted by molar-refractivity contribution is -0.131. The van der Waals surface area contributed by atoms with E-state index in [0.717, 1.165) is 0 Å². The molecular weight excluding hydrogens is 270 g/mol. The maximum absolute atomic E-state index is 12.2. The normalized spacial score (nSPS) is 11.0. The third kappa shape index (κ3) is 4.58. The van der Waals surface area contributed by atoms with Crippen LogP contribution in [0.2, 0.25) is 0 Å². The summed E-state index contributed by atoms with van der Waals surface area (Å²) in [6.45, 7) is 3.74. The molecule has 2 N–H and O–H groups in total. The number of nitrogens with zero attached hydrogens (tertiary/aromatic N) is 2. The largest absolute Gasteiger partial charge is 0.384 e. The van der Waals surface area contributed by atoms with E-state index in [4.69, 9.17) is 5.11 Å². The molecule has 2 amide bonds. The van der Waals surface area contributed by atoms with Gasteiger partial charge in [-0.3, -0.25) is 9.59 Å². The Balaban J connectivity index is 2.87. The number of carbonyl (C=O) groups is 2. The summed E-state index contributed by atoms with van der Waals surface area (Å²) in [5.41, 5.74) is 0.546. The number of rotatable bonds is 4. The minimum atomic E-state index is -0.650. The molecule has 6 heteroatoms. The molecule has 0 bridgehead atoms. The molecule has 1 heterocycles. The Morgan fingerprint density at radius 1 is 1.52 bits per heavy atom. The zero-order valence-electron chi connectivity index (χ0n) is 12.4. The van der Waals surface area contributed by atoms with Crippen LogP contribution in [0.25, 0.3) is 0 Å². The van der Waals surface area contributed by atoms with Crippen LogP contribution in [0.4, 0.5) is 0 Å². The predicted octanol–water partition coefficient (Wildman–Crippen LogP) is 0.0220. The average Bonchev–Trinajstić information content (AvgIpc) is 2.51. The van der Waals surface area contributed by atoms with Gasteiger partial charge in [0.05, 0.1) is 5.56 Å². The molecule has 0 aliphatic carbocycles. The molecular formula is C15H19N3O3. The molecule has 0 saturated heterocycles. The maximum Gasteiger partial charge on any atom is 0.271 e. The van der Waals surface area contributed by atoms with Gasteiger partial charge in [0.15, 0.2) is 0 Å². The Labute approximate surface area is 124 Å². The topological polar surface area (TPSA) is 82.5 Å². The van der Waals surface area contributed by atoms with Gasteiger partial charge < -0.3 is 15.3 Å². The highest BCUT2D eigenvalue weighted by molar-refractivity contribution is 5.97. The first-order valence-corrected chi connectivity index (χ1v) is 6.61. The van der Waals surface area contributed by atoms with E-state index in [9.17, 15) is 9.59 Å². The molecule has 0 aliphatic heterocycles. The highest BCUT2D eigenvalue weighted by Crippen LogP contribution is 2.04. The van der Waals surface area contributed by atoms with Crippen LogP contribution in [-0.4, -0.2) is 53.0 Å². The van der Waals surface area contributed by atoms with Crippen LogP contribution >= 0.6 is 0 Å². The fourth-order valence-electron chi connectivity index (χ4n) is 1.64. The molecule has 0 spiro atoms. The highest BCUT2D eigenvalue weighted by atomic mass is 16.2. The quantitative estimate of drug-likeness (QED) is 0.766. The molecule has 0 aromatic carbocycles. The van der Waals surface area contributed by atoms with Crippen LogP contribution < -0.4 is 5.32 Å². The third-order valence-corrected chi connectivity index (χ3v) is 2.89. The Morgan fingerprint density at radius 2 is 2.24 bits per heavy atom. The van der Waals surface area contributed by atoms with E-state index < -0.39 is 11.9 Å². The van der Waals surface area contributed by atoms with Gasteiger partial charge in [0.2, 0.25) is 5.91 Å². The third-order valence-electron chi connectivity index (χ3n) is 2.89. The van der Waals surface area contributed by atoms with Crippen molar-refractivity contribution in [2.75, 3.05) is 20.2 Å². The van der Waals surface area contributed by atoms with E-state index in [1.807, 2.05) is 6.92 Å². The molecule has 0 fully saturated rings. The minimum Gasteiger partial charge on any atom is -0.384 e. The van der Waals surface area contributed by atoms with Gasteiger partial charge in [-0.05, 0) is 26.0 Å². The van der Waals surface area contributed by atoms with Crippen molar-refractivity contribution in [3.05, 3.63) is 29.6 Å². The summed E-state index contributed by atoms with van der Waals surface area (Å²) in [7, 11) is 1.67. The van der Waals surface area contributed by atoms with Crippen molar-refractivity contribution in [2.45, 2.75) is 19.9 Å². The average molecular weight is 289 g/mol. The number of aromatic nitrogens is 1. The Morgan fingerprint density at radius 3 is 2.86 bits per heavy atom. The highest BCUT2D eigenvalue weighted by Gasteiger charge is 2.20. The van der Waals surface area contributed by atoms with Crippen LogP contribution in [0.1, 0.15) is 29.9 Å². The molecule has 1 rings (SSSR count). The number of likely N-dealkylation sites (N-methyl/N-ethyl adjacent to an activating group) is 1. The number of nitrogens with one attached hydrogen (secondary N) is 1. The van der Waals surface area contributed by atoms with Crippen molar-refractivity contribution < 1.29 is 14.7 Å². The van der Waals surface area contributed by atoms with Gasteiger partial charge in [0, 0.05) is 19.8 Å². The van der Waals surface area contributed by atoms with Gasteiger partial charge in [0.25, 0.3) is 5.91 Å². The Bertz CT molecular complexity index is 575. The molecule has 1 aromatic heterocycles. The molecule has 1 unspecified atom stereocenters. The predicted molar refractivity (Wildman–Crippen MR) is 78.4 cm³/mol.